The zero-order valence-electron chi connectivity index (χ0n) is 15.4. The lowest BCUT2D eigenvalue weighted by Crippen LogP contribution is -2.47. The van der Waals surface area contributed by atoms with Crippen LogP contribution in [0, 0.1) is 0 Å². The van der Waals surface area contributed by atoms with E-state index in [1.54, 1.807) is 60.8 Å². The highest BCUT2D eigenvalue weighted by atomic mass is 32.2. The van der Waals surface area contributed by atoms with Crippen molar-refractivity contribution in [2.24, 2.45) is 0 Å². The Hall–Kier alpha value is -3.43. The van der Waals surface area contributed by atoms with E-state index in [0.29, 0.717) is 0 Å². The second-order valence-electron chi connectivity index (χ2n) is 6.16. The van der Waals surface area contributed by atoms with Gasteiger partial charge in [-0.2, -0.15) is 4.31 Å². The number of sulfonamides is 1. The number of aromatic amines is 1. The fourth-order valence-electron chi connectivity index (χ4n) is 2.62. The van der Waals surface area contributed by atoms with Crippen molar-refractivity contribution in [3.05, 3.63) is 90.3 Å². The molecule has 2 aromatic carbocycles. The number of nitrogens with one attached hydrogen (secondary N) is 3. The molecule has 0 saturated heterocycles. The van der Waals surface area contributed by atoms with Crippen LogP contribution in [0.15, 0.2) is 83.9 Å². The van der Waals surface area contributed by atoms with Crippen LogP contribution < -0.4 is 10.9 Å². The fraction of sp³-hybridized carbons (Fsp3) is 0.100. The predicted octanol–water partition coefficient (Wildman–Crippen LogP) is 1.67. The van der Waals surface area contributed by atoms with Gasteiger partial charge in [0.1, 0.15) is 5.69 Å². The number of nitrogens with zero attached hydrogens (tertiary/aromatic N) is 1. The molecule has 0 bridgehead atoms. The van der Waals surface area contributed by atoms with Crippen molar-refractivity contribution in [1.29, 1.82) is 0 Å². The number of H-pyrrole nitrogens is 1. The molecule has 3 aromatic rings. The number of rotatable bonds is 7. The van der Waals surface area contributed by atoms with E-state index in [9.17, 15) is 18.0 Å². The monoisotopic (exact) mass is 412 g/mol. The Bertz CT molecular complexity index is 1050. The molecule has 0 fully saturated rings. The Morgan fingerprint density at radius 2 is 1.52 bits per heavy atom. The fourth-order valence-corrected chi connectivity index (χ4v) is 4.02. The highest BCUT2D eigenvalue weighted by molar-refractivity contribution is 7.89. The molecule has 3 N–H and O–H groups in total. The van der Waals surface area contributed by atoms with Crippen molar-refractivity contribution in [2.45, 2.75) is 11.4 Å². The van der Waals surface area contributed by atoms with Gasteiger partial charge in [-0.05, 0) is 29.8 Å². The van der Waals surface area contributed by atoms with Crippen LogP contribution in [-0.2, 0) is 21.4 Å². The molecule has 0 unspecified atom stereocenters. The molecule has 0 atom stereocenters. The van der Waals surface area contributed by atoms with E-state index in [-0.39, 0.29) is 17.1 Å². The van der Waals surface area contributed by atoms with E-state index in [1.165, 1.54) is 12.1 Å². The molecule has 0 aliphatic carbocycles. The molecule has 0 radical (unpaired) electrons. The van der Waals surface area contributed by atoms with Crippen LogP contribution in [0.3, 0.4) is 0 Å². The molecule has 29 heavy (non-hydrogen) atoms. The summed E-state index contributed by atoms with van der Waals surface area (Å²) in [6.07, 6.45) is 1.57. The first-order chi connectivity index (χ1) is 14.0. The van der Waals surface area contributed by atoms with Gasteiger partial charge in [0.05, 0.1) is 11.4 Å². The van der Waals surface area contributed by atoms with Gasteiger partial charge in [-0.3, -0.25) is 20.4 Å². The quantitative estimate of drug-likeness (QED) is 0.513. The number of benzene rings is 2. The van der Waals surface area contributed by atoms with Crippen molar-refractivity contribution in [3.63, 3.8) is 0 Å². The Labute approximate surface area is 168 Å². The van der Waals surface area contributed by atoms with Crippen molar-refractivity contribution in [1.82, 2.24) is 20.1 Å². The molecular formula is C20H20N4O4S. The molecule has 2 amide bonds. The van der Waals surface area contributed by atoms with Crippen molar-refractivity contribution >= 4 is 21.8 Å². The van der Waals surface area contributed by atoms with Crippen LogP contribution in [0.4, 0.5) is 0 Å². The van der Waals surface area contributed by atoms with Crippen molar-refractivity contribution in [2.75, 3.05) is 6.54 Å². The molecule has 0 aliphatic heterocycles. The van der Waals surface area contributed by atoms with E-state index in [1.807, 2.05) is 6.07 Å². The van der Waals surface area contributed by atoms with E-state index < -0.39 is 28.4 Å². The highest BCUT2D eigenvalue weighted by Crippen LogP contribution is 2.18. The second-order valence-corrected chi connectivity index (χ2v) is 8.10. The largest absolute Gasteiger partial charge is 0.357 e. The summed E-state index contributed by atoms with van der Waals surface area (Å²) in [5, 5.41) is 0. The maximum atomic E-state index is 13.1. The zero-order valence-corrected chi connectivity index (χ0v) is 16.2. The average molecular weight is 412 g/mol. The van der Waals surface area contributed by atoms with Gasteiger partial charge in [0.15, 0.2) is 0 Å². The summed E-state index contributed by atoms with van der Waals surface area (Å²) in [6.45, 7) is -0.451. The highest BCUT2D eigenvalue weighted by Gasteiger charge is 2.27. The van der Waals surface area contributed by atoms with Gasteiger partial charge >= 0.3 is 0 Å². The third-order valence-electron chi connectivity index (χ3n) is 4.06. The summed E-state index contributed by atoms with van der Waals surface area (Å²) in [5.74, 6) is -1.20. The van der Waals surface area contributed by atoms with E-state index in [0.717, 1.165) is 9.87 Å². The van der Waals surface area contributed by atoms with Crippen LogP contribution in [0.1, 0.15) is 16.1 Å². The summed E-state index contributed by atoms with van der Waals surface area (Å²) in [6, 6.07) is 20.0. The SMILES string of the molecule is O=C(CN(Cc1ccccc1)S(=O)(=O)c1ccccc1)NNC(=O)c1ccc[nH]1. The molecule has 9 heteroatoms. The second kappa shape index (κ2) is 9.18. The third-order valence-corrected chi connectivity index (χ3v) is 5.87. The standard InChI is InChI=1S/C20H20N4O4S/c25-19(22-23-20(26)18-12-7-13-21-18)15-24(14-16-8-3-1-4-9-16)29(27,28)17-10-5-2-6-11-17/h1-13,21H,14-15H2,(H,22,25)(H,23,26). The Morgan fingerprint density at radius 3 is 2.14 bits per heavy atom. The summed E-state index contributed by atoms with van der Waals surface area (Å²) in [7, 11) is -3.92. The molecule has 0 spiro atoms. The first-order valence-corrected chi connectivity index (χ1v) is 10.2. The van der Waals surface area contributed by atoms with Gasteiger partial charge < -0.3 is 4.98 Å². The summed E-state index contributed by atoms with van der Waals surface area (Å²) in [4.78, 5) is 27.1. The maximum Gasteiger partial charge on any atom is 0.286 e. The predicted molar refractivity (Wildman–Crippen MR) is 107 cm³/mol. The van der Waals surface area contributed by atoms with E-state index in [2.05, 4.69) is 15.8 Å². The number of hydrazine groups is 1. The molecular weight excluding hydrogens is 392 g/mol. The van der Waals surface area contributed by atoms with Gasteiger partial charge in [0.25, 0.3) is 11.8 Å². The number of hydrogen-bond donors (Lipinski definition) is 3. The van der Waals surface area contributed by atoms with Crippen LogP contribution in [0.25, 0.3) is 0 Å². The van der Waals surface area contributed by atoms with Gasteiger partial charge in [-0.1, -0.05) is 48.5 Å². The molecule has 3 rings (SSSR count). The van der Waals surface area contributed by atoms with Crippen LogP contribution >= 0.6 is 0 Å². The first kappa shape index (κ1) is 20.3. The molecule has 0 saturated carbocycles. The Balaban J connectivity index is 1.74. The number of carbonyl (C=O) groups is 2. The maximum absolute atomic E-state index is 13.1. The minimum absolute atomic E-state index is 0.00998. The average Bonchev–Trinajstić information content (AvgIpc) is 3.28. The molecule has 150 valence electrons. The van der Waals surface area contributed by atoms with E-state index in [4.69, 9.17) is 0 Å². The third kappa shape index (κ3) is 5.31. The zero-order chi connectivity index (χ0) is 20.7. The smallest absolute Gasteiger partial charge is 0.286 e. The first-order valence-electron chi connectivity index (χ1n) is 8.78. The normalized spacial score (nSPS) is 11.2. The topological polar surface area (TPSA) is 111 Å². The van der Waals surface area contributed by atoms with Gasteiger partial charge in [-0.15, -0.1) is 0 Å². The summed E-state index contributed by atoms with van der Waals surface area (Å²) in [5.41, 5.74) is 5.50. The molecule has 1 aromatic heterocycles. The van der Waals surface area contributed by atoms with Gasteiger partial charge in [0, 0.05) is 12.7 Å². The summed E-state index contributed by atoms with van der Waals surface area (Å²) >= 11 is 0. The lowest BCUT2D eigenvalue weighted by molar-refractivity contribution is -0.122. The Morgan fingerprint density at radius 1 is 0.862 bits per heavy atom. The summed E-state index contributed by atoms with van der Waals surface area (Å²) < 4.78 is 27.2. The molecule has 8 nitrogen and oxygen atoms in total. The molecule has 0 aliphatic rings. The number of hydrogen-bond acceptors (Lipinski definition) is 4. The number of aromatic nitrogens is 1. The van der Waals surface area contributed by atoms with Crippen LogP contribution in [0.5, 0.6) is 0 Å². The minimum atomic E-state index is -3.92. The number of carbonyl (C=O) groups excluding carboxylic acids is 2. The van der Waals surface area contributed by atoms with Gasteiger partial charge in [0.2, 0.25) is 10.0 Å². The lowest BCUT2D eigenvalue weighted by atomic mass is 10.2. The lowest BCUT2D eigenvalue weighted by Gasteiger charge is -2.22. The van der Waals surface area contributed by atoms with Crippen molar-refractivity contribution in [3.8, 4) is 0 Å². The van der Waals surface area contributed by atoms with Crippen LogP contribution in [0.2, 0.25) is 0 Å². The Kier molecular flexibility index (Phi) is 6.43. The van der Waals surface area contributed by atoms with Gasteiger partial charge in [-0.25, -0.2) is 8.42 Å². The van der Waals surface area contributed by atoms with E-state index >= 15 is 0 Å². The molecule has 1 heterocycles. The number of amides is 2. The van der Waals surface area contributed by atoms with Crippen molar-refractivity contribution < 1.29 is 18.0 Å². The van der Waals surface area contributed by atoms with Crippen LogP contribution in [-0.4, -0.2) is 36.1 Å². The minimum Gasteiger partial charge on any atom is -0.357 e.